The molecular formula is C41H44ClFN2O5. The average Bonchev–Trinajstić information content (AvgIpc) is 3.10. The van der Waals surface area contributed by atoms with Gasteiger partial charge in [-0.3, -0.25) is 19.2 Å². The summed E-state index contributed by atoms with van der Waals surface area (Å²) in [7, 11) is 0. The fourth-order valence-corrected chi connectivity index (χ4v) is 7.32. The third-order valence-corrected chi connectivity index (χ3v) is 10.4. The van der Waals surface area contributed by atoms with E-state index >= 15 is 4.39 Å². The van der Waals surface area contributed by atoms with E-state index in [9.17, 15) is 19.2 Å². The van der Waals surface area contributed by atoms with Crippen molar-refractivity contribution < 1.29 is 28.3 Å². The Morgan fingerprint density at radius 1 is 1.04 bits per heavy atom. The monoisotopic (exact) mass is 698 g/mol. The van der Waals surface area contributed by atoms with E-state index in [1.54, 1.807) is 6.92 Å². The summed E-state index contributed by atoms with van der Waals surface area (Å²) in [5, 5.41) is 11.9. The molecule has 3 aromatic carbocycles. The van der Waals surface area contributed by atoms with Gasteiger partial charge in [0, 0.05) is 42.0 Å². The van der Waals surface area contributed by atoms with Gasteiger partial charge in [0.25, 0.3) is 0 Å². The standard InChI is InChI=1S/C41H44ClFN2O5/c1-5-50-36-21-28(19-34(43)32(36)12-7-6-10-26-16-17-37(46)45-22-26)30-14-9-15-31(38(30)42)29-13-8-11-27(24(29)3)20-35(44)41(49)33-18-23(2)39(47)25(4)40(33)48/h8-9,11,13-15,18-19,21,23,25-26,44H,5-7,10,12,16-17,20,22H2,1-4H3,(H,45,46)/t23?,25?,26-/m0/s1. The highest BCUT2D eigenvalue weighted by atomic mass is 35.5. The van der Waals surface area contributed by atoms with Crippen LogP contribution in [0.15, 0.2) is 60.2 Å². The Kier molecular flexibility index (Phi) is 11.8. The summed E-state index contributed by atoms with van der Waals surface area (Å²) in [5.41, 5.74) is 4.50. The lowest BCUT2D eigenvalue weighted by Gasteiger charge is -2.22. The van der Waals surface area contributed by atoms with Crippen LogP contribution in [-0.4, -0.2) is 42.1 Å². The Balaban J connectivity index is 1.36. The van der Waals surface area contributed by atoms with Crippen LogP contribution in [0.25, 0.3) is 22.3 Å². The Bertz CT molecular complexity index is 1870. The fourth-order valence-electron chi connectivity index (χ4n) is 6.98. The Hall–Kier alpha value is -4.43. The van der Waals surface area contributed by atoms with Crippen LogP contribution in [0, 0.1) is 35.9 Å². The van der Waals surface area contributed by atoms with Crippen LogP contribution in [0.1, 0.15) is 69.6 Å². The van der Waals surface area contributed by atoms with Gasteiger partial charge in [0.05, 0.1) is 28.8 Å². The van der Waals surface area contributed by atoms with Gasteiger partial charge < -0.3 is 15.5 Å². The zero-order valence-corrected chi connectivity index (χ0v) is 29.8. The highest BCUT2D eigenvalue weighted by Crippen LogP contribution is 2.41. The quantitative estimate of drug-likeness (QED) is 0.0808. The number of carbonyl (C=O) groups is 4. The van der Waals surface area contributed by atoms with Crippen molar-refractivity contribution in [3.05, 3.63) is 87.7 Å². The lowest BCUT2D eigenvalue weighted by atomic mass is 9.79. The van der Waals surface area contributed by atoms with E-state index in [1.165, 1.54) is 19.1 Å². The van der Waals surface area contributed by atoms with Gasteiger partial charge in [-0.05, 0) is 86.8 Å². The normalized spacial score (nSPS) is 19.2. The molecule has 2 aliphatic rings. The number of carbonyl (C=O) groups excluding carboxylic acids is 4. The molecule has 262 valence electrons. The van der Waals surface area contributed by atoms with E-state index in [0.717, 1.165) is 42.4 Å². The maximum absolute atomic E-state index is 15.8. The number of unbranched alkanes of at least 4 members (excludes halogenated alkanes) is 1. The molecule has 2 unspecified atom stereocenters. The molecule has 50 heavy (non-hydrogen) atoms. The molecule has 1 fully saturated rings. The first-order valence-corrected chi connectivity index (χ1v) is 17.8. The summed E-state index contributed by atoms with van der Waals surface area (Å²) >= 11 is 7.06. The van der Waals surface area contributed by atoms with Crippen molar-refractivity contribution >= 4 is 40.6 Å². The van der Waals surface area contributed by atoms with Crippen LogP contribution < -0.4 is 10.1 Å². The van der Waals surface area contributed by atoms with Crippen molar-refractivity contribution in [2.75, 3.05) is 13.2 Å². The average molecular weight is 699 g/mol. The lowest BCUT2D eigenvalue weighted by molar-refractivity contribution is -0.133. The van der Waals surface area contributed by atoms with Crippen molar-refractivity contribution in [3.8, 4) is 28.0 Å². The van der Waals surface area contributed by atoms with Crippen LogP contribution in [0.2, 0.25) is 5.02 Å². The molecule has 0 spiro atoms. The fraction of sp³-hybridized carbons (Fsp3) is 0.390. The molecule has 0 saturated carbocycles. The highest BCUT2D eigenvalue weighted by Gasteiger charge is 2.36. The van der Waals surface area contributed by atoms with Gasteiger partial charge in [-0.25, -0.2) is 4.39 Å². The van der Waals surface area contributed by atoms with E-state index in [4.69, 9.17) is 21.7 Å². The number of hydrogen-bond donors (Lipinski definition) is 2. The van der Waals surface area contributed by atoms with Gasteiger partial charge in [-0.2, -0.15) is 0 Å². The van der Waals surface area contributed by atoms with Gasteiger partial charge in [0.1, 0.15) is 17.3 Å². The third-order valence-electron chi connectivity index (χ3n) is 9.99. The van der Waals surface area contributed by atoms with E-state index in [-0.39, 0.29) is 35.2 Å². The third kappa shape index (κ3) is 7.96. The number of ether oxygens (including phenoxy) is 1. The molecule has 1 aliphatic carbocycles. The minimum absolute atomic E-state index is 0.00124. The second-order valence-corrected chi connectivity index (χ2v) is 13.8. The minimum Gasteiger partial charge on any atom is -0.493 e. The summed E-state index contributed by atoms with van der Waals surface area (Å²) in [4.78, 5) is 49.6. The highest BCUT2D eigenvalue weighted by molar-refractivity contribution is 6.52. The zero-order valence-electron chi connectivity index (χ0n) is 29.1. The van der Waals surface area contributed by atoms with E-state index in [1.807, 2.05) is 56.3 Å². The summed E-state index contributed by atoms with van der Waals surface area (Å²) < 4.78 is 21.7. The summed E-state index contributed by atoms with van der Waals surface area (Å²) in [6, 6.07) is 14.5. The van der Waals surface area contributed by atoms with Crippen LogP contribution in [0.4, 0.5) is 4.39 Å². The maximum Gasteiger partial charge on any atom is 0.220 e. The molecular weight excluding hydrogens is 655 g/mol. The van der Waals surface area contributed by atoms with Gasteiger partial charge in [-0.1, -0.05) is 67.4 Å². The smallest absolute Gasteiger partial charge is 0.220 e. The molecule has 1 heterocycles. The molecule has 5 rings (SSSR count). The zero-order chi connectivity index (χ0) is 36.1. The molecule has 1 amide bonds. The Morgan fingerprint density at radius 3 is 2.48 bits per heavy atom. The lowest BCUT2D eigenvalue weighted by Crippen LogP contribution is -2.36. The summed E-state index contributed by atoms with van der Waals surface area (Å²) in [6.07, 6.45) is 6.12. The van der Waals surface area contributed by atoms with Crippen LogP contribution >= 0.6 is 11.6 Å². The predicted octanol–water partition coefficient (Wildman–Crippen LogP) is 8.24. The molecule has 1 aliphatic heterocycles. The number of piperidine rings is 1. The second kappa shape index (κ2) is 16.1. The number of rotatable bonds is 13. The van der Waals surface area contributed by atoms with Gasteiger partial charge >= 0.3 is 0 Å². The summed E-state index contributed by atoms with van der Waals surface area (Å²) in [5.74, 6) is -2.18. The number of amides is 1. The molecule has 9 heteroatoms. The number of benzene rings is 3. The van der Waals surface area contributed by atoms with E-state index in [2.05, 4.69) is 5.32 Å². The Labute approximate surface area is 298 Å². The summed E-state index contributed by atoms with van der Waals surface area (Å²) in [6.45, 7) is 8.01. The van der Waals surface area contributed by atoms with Crippen molar-refractivity contribution in [1.29, 1.82) is 5.41 Å². The second-order valence-electron chi connectivity index (χ2n) is 13.4. The predicted molar refractivity (Wildman–Crippen MR) is 194 cm³/mol. The van der Waals surface area contributed by atoms with E-state index in [0.29, 0.717) is 64.9 Å². The molecule has 3 atom stereocenters. The van der Waals surface area contributed by atoms with Crippen molar-refractivity contribution in [3.63, 3.8) is 0 Å². The Morgan fingerprint density at radius 2 is 1.76 bits per heavy atom. The first-order chi connectivity index (χ1) is 23.9. The first-order valence-electron chi connectivity index (χ1n) is 17.4. The van der Waals surface area contributed by atoms with Crippen molar-refractivity contribution in [2.45, 2.75) is 72.6 Å². The largest absolute Gasteiger partial charge is 0.493 e. The maximum atomic E-state index is 15.8. The van der Waals surface area contributed by atoms with E-state index < -0.39 is 23.4 Å². The first kappa shape index (κ1) is 36.8. The van der Waals surface area contributed by atoms with Gasteiger partial charge in [-0.15, -0.1) is 0 Å². The molecule has 0 bridgehead atoms. The van der Waals surface area contributed by atoms with Gasteiger partial charge in [0.2, 0.25) is 11.7 Å². The van der Waals surface area contributed by atoms with Crippen LogP contribution in [0.3, 0.4) is 0 Å². The minimum atomic E-state index is -0.903. The molecule has 0 radical (unpaired) electrons. The molecule has 1 saturated heterocycles. The molecule has 0 aromatic heterocycles. The van der Waals surface area contributed by atoms with Gasteiger partial charge in [0.15, 0.2) is 5.78 Å². The molecule has 7 nitrogen and oxygen atoms in total. The van der Waals surface area contributed by atoms with Crippen molar-refractivity contribution in [1.82, 2.24) is 5.32 Å². The number of allylic oxidation sites excluding steroid dienone is 2. The SMILES string of the molecule is CCOc1cc(-c2cccc(-c3cccc(CC(=N)C(=O)C4=CC(C)C(=O)C(C)C4=O)c3C)c2Cl)cc(F)c1CCCC[C@H]1CCC(=O)NC1. The topological polar surface area (TPSA) is 113 Å². The van der Waals surface area contributed by atoms with Crippen molar-refractivity contribution in [2.24, 2.45) is 17.8 Å². The number of Topliss-reactive ketones (excluding diaryl/α,β-unsaturated/α-hetero) is 3. The molecule has 3 aromatic rings. The number of ketones is 3. The number of hydrogen-bond acceptors (Lipinski definition) is 6. The van der Waals surface area contributed by atoms with Crippen LogP contribution in [0.5, 0.6) is 5.75 Å². The molecule has 2 N–H and O–H groups in total. The van der Waals surface area contributed by atoms with Crippen LogP contribution in [-0.2, 0) is 32.0 Å². The number of nitrogens with one attached hydrogen (secondary N) is 2. The number of halogens is 2.